The third-order valence-electron chi connectivity index (χ3n) is 4.86. The van der Waals surface area contributed by atoms with Crippen molar-refractivity contribution in [1.82, 2.24) is 0 Å². The van der Waals surface area contributed by atoms with Crippen LogP contribution in [0.15, 0.2) is 48.5 Å². The number of benzene rings is 2. The van der Waals surface area contributed by atoms with Gasteiger partial charge in [0.1, 0.15) is 0 Å². The Morgan fingerprint density at radius 1 is 1.10 bits per heavy atom. The molecule has 2 aromatic rings. The van der Waals surface area contributed by atoms with E-state index in [2.05, 4.69) is 43.3 Å². The zero-order valence-corrected chi connectivity index (χ0v) is 13.0. The van der Waals surface area contributed by atoms with E-state index in [4.69, 9.17) is 0 Å². The van der Waals surface area contributed by atoms with Crippen molar-refractivity contribution < 1.29 is 5.11 Å². The van der Waals surface area contributed by atoms with Crippen LogP contribution in [0.3, 0.4) is 0 Å². The molecule has 0 amide bonds. The highest BCUT2D eigenvalue weighted by molar-refractivity contribution is 5.35. The molecule has 3 rings (SSSR count). The van der Waals surface area contributed by atoms with Gasteiger partial charge in [0, 0.05) is 0 Å². The van der Waals surface area contributed by atoms with Gasteiger partial charge in [0.2, 0.25) is 0 Å². The molecule has 0 aliphatic heterocycles. The lowest BCUT2D eigenvalue weighted by molar-refractivity contribution is 0.0374. The molecule has 2 aromatic carbocycles. The van der Waals surface area contributed by atoms with Crippen LogP contribution < -0.4 is 0 Å². The molecule has 0 spiro atoms. The summed E-state index contributed by atoms with van der Waals surface area (Å²) in [5, 5.41) is 11.0. The van der Waals surface area contributed by atoms with Crippen molar-refractivity contribution in [1.29, 1.82) is 0 Å². The zero-order chi connectivity index (χ0) is 14.9. The second-order valence-corrected chi connectivity index (χ2v) is 6.58. The Morgan fingerprint density at radius 3 is 2.62 bits per heavy atom. The maximum absolute atomic E-state index is 11.0. The van der Waals surface area contributed by atoms with E-state index in [1.807, 2.05) is 19.1 Å². The molecule has 0 heterocycles. The number of hydrogen-bond acceptors (Lipinski definition) is 1. The van der Waals surface area contributed by atoms with E-state index >= 15 is 0 Å². The van der Waals surface area contributed by atoms with E-state index in [0.717, 1.165) is 12.0 Å². The molecule has 21 heavy (non-hydrogen) atoms. The van der Waals surface area contributed by atoms with Gasteiger partial charge in [-0.15, -0.1) is 0 Å². The quantitative estimate of drug-likeness (QED) is 0.863. The van der Waals surface area contributed by atoms with Gasteiger partial charge in [-0.05, 0) is 67.7 Å². The first-order chi connectivity index (χ1) is 10.1. The number of aryl methyl sites for hydroxylation is 2. The lowest BCUT2D eigenvalue weighted by Crippen LogP contribution is -2.26. The Bertz CT molecular complexity index is 627. The minimum atomic E-state index is -0.763. The Balaban J connectivity index is 1.89. The van der Waals surface area contributed by atoms with E-state index in [0.29, 0.717) is 5.92 Å². The van der Waals surface area contributed by atoms with E-state index in [1.165, 1.54) is 36.0 Å². The molecule has 0 fully saturated rings. The number of rotatable bonds is 3. The van der Waals surface area contributed by atoms with Crippen molar-refractivity contribution in [3.8, 4) is 0 Å². The summed E-state index contributed by atoms with van der Waals surface area (Å²) >= 11 is 0. The third kappa shape index (κ3) is 2.89. The highest BCUT2D eigenvalue weighted by Gasteiger charge is 2.31. The maximum atomic E-state index is 11.0. The molecule has 2 unspecified atom stereocenters. The summed E-state index contributed by atoms with van der Waals surface area (Å²) in [6.07, 6.45) is 4.39. The highest BCUT2D eigenvalue weighted by Crippen LogP contribution is 2.40. The summed E-state index contributed by atoms with van der Waals surface area (Å²) in [6.45, 7) is 4.05. The fourth-order valence-electron chi connectivity index (χ4n) is 3.83. The number of aliphatic hydroxyl groups is 1. The third-order valence-corrected chi connectivity index (χ3v) is 4.86. The molecule has 0 saturated heterocycles. The smallest absolute Gasteiger partial charge is 0.0876 e. The fourth-order valence-corrected chi connectivity index (χ4v) is 3.83. The van der Waals surface area contributed by atoms with Gasteiger partial charge in [0.05, 0.1) is 5.60 Å². The fraction of sp³-hybridized carbons (Fsp3) is 0.400. The lowest BCUT2D eigenvalue weighted by Gasteiger charge is -2.33. The monoisotopic (exact) mass is 280 g/mol. The molecule has 0 bridgehead atoms. The molecule has 1 nitrogen and oxygen atoms in total. The first-order valence-electron chi connectivity index (χ1n) is 7.94. The Kier molecular flexibility index (Phi) is 3.86. The van der Waals surface area contributed by atoms with Gasteiger partial charge in [-0.3, -0.25) is 0 Å². The van der Waals surface area contributed by atoms with E-state index in [1.54, 1.807) is 0 Å². The zero-order valence-electron chi connectivity index (χ0n) is 13.0. The van der Waals surface area contributed by atoms with Gasteiger partial charge in [0.25, 0.3) is 0 Å². The largest absolute Gasteiger partial charge is 0.385 e. The predicted molar refractivity (Wildman–Crippen MR) is 87.5 cm³/mol. The van der Waals surface area contributed by atoms with E-state index in [9.17, 15) is 5.11 Å². The van der Waals surface area contributed by atoms with Crippen LogP contribution in [0.25, 0.3) is 0 Å². The lowest BCUT2D eigenvalue weighted by atomic mass is 9.75. The molecule has 1 aliphatic carbocycles. The van der Waals surface area contributed by atoms with Crippen molar-refractivity contribution >= 4 is 0 Å². The second kappa shape index (κ2) is 5.65. The molecule has 1 N–H and O–H groups in total. The van der Waals surface area contributed by atoms with Gasteiger partial charge in [-0.25, -0.2) is 0 Å². The summed E-state index contributed by atoms with van der Waals surface area (Å²) in [5.41, 5.74) is 4.38. The first-order valence-corrected chi connectivity index (χ1v) is 7.94. The van der Waals surface area contributed by atoms with Gasteiger partial charge in [-0.1, -0.05) is 48.5 Å². The molecular formula is C20H24O. The van der Waals surface area contributed by atoms with Crippen LogP contribution in [0.2, 0.25) is 0 Å². The maximum Gasteiger partial charge on any atom is 0.0876 e. The second-order valence-electron chi connectivity index (χ2n) is 6.58. The molecule has 0 radical (unpaired) electrons. The minimum Gasteiger partial charge on any atom is -0.385 e. The van der Waals surface area contributed by atoms with Crippen molar-refractivity contribution in [2.24, 2.45) is 0 Å². The average Bonchev–Trinajstić information content (AvgIpc) is 2.47. The predicted octanol–water partition coefficient (Wildman–Crippen LogP) is 4.71. The van der Waals surface area contributed by atoms with Crippen LogP contribution in [0.1, 0.15) is 54.4 Å². The highest BCUT2D eigenvalue weighted by atomic mass is 16.3. The van der Waals surface area contributed by atoms with Gasteiger partial charge in [-0.2, -0.15) is 0 Å². The standard InChI is InChI=1S/C20H24O/c1-15-8-3-6-13-19(15)20(2,21)14-17-11-7-10-16-9-4-5-12-18(16)17/h3-6,8-9,12-13,17,21H,7,10-11,14H2,1-2H3. The normalized spacial score (nSPS) is 20.6. The Morgan fingerprint density at radius 2 is 1.81 bits per heavy atom. The van der Waals surface area contributed by atoms with Crippen LogP contribution in [0, 0.1) is 6.92 Å². The van der Waals surface area contributed by atoms with Crippen LogP contribution >= 0.6 is 0 Å². The van der Waals surface area contributed by atoms with Crippen molar-refractivity contribution in [3.05, 3.63) is 70.8 Å². The number of fused-ring (bicyclic) bond motifs is 1. The van der Waals surface area contributed by atoms with Gasteiger partial charge < -0.3 is 5.11 Å². The topological polar surface area (TPSA) is 20.2 Å². The average molecular weight is 280 g/mol. The summed E-state index contributed by atoms with van der Waals surface area (Å²) in [7, 11) is 0. The SMILES string of the molecule is Cc1ccccc1C(C)(O)CC1CCCc2ccccc21. The molecule has 1 heteroatoms. The molecule has 0 aromatic heterocycles. The Hall–Kier alpha value is -1.60. The summed E-state index contributed by atoms with van der Waals surface area (Å²) in [5.74, 6) is 0.463. The Labute approximate surface area is 127 Å². The summed E-state index contributed by atoms with van der Waals surface area (Å²) in [6, 6.07) is 16.9. The van der Waals surface area contributed by atoms with Crippen LogP contribution in [0.4, 0.5) is 0 Å². The van der Waals surface area contributed by atoms with Crippen molar-refractivity contribution in [2.45, 2.75) is 51.0 Å². The first kappa shape index (κ1) is 14.3. The van der Waals surface area contributed by atoms with E-state index < -0.39 is 5.60 Å². The van der Waals surface area contributed by atoms with Crippen LogP contribution in [0.5, 0.6) is 0 Å². The molecule has 1 aliphatic rings. The van der Waals surface area contributed by atoms with Gasteiger partial charge >= 0.3 is 0 Å². The molecule has 0 saturated carbocycles. The minimum absolute atomic E-state index is 0.463. The molecular weight excluding hydrogens is 256 g/mol. The molecule has 110 valence electrons. The summed E-state index contributed by atoms with van der Waals surface area (Å²) < 4.78 is 0. The van der Waals surface area contributed by atoms with Crippen molar-refractivity contribution in [3.63, 3.8) is 0 Å². The van der Waals surface area contributed by atoms with Crippen LogP contribution in [-0.2, 0) is 12.0 Å². The molecule has 2 atom stereocenters. The van der Waals surface area contributed by atoms with Crippen molar-refractivity contribution in [2.75, 3.05) is 0 Å². The van der Waals surface area contributed by atoms with Crippen LogP contribution in [-0.4, -0.2) is 5.11 Å². The number of hydrogen-bond donors (Lipinski definition) is 1. The van der Waals surface area contributed by atoms with E-state index in [-0.39, 0.29) is 0 Å². The van der Waals surface area contributed by atoms with Gasteiger partial charge in [0.15, 0.2) is 0 Å². The summed E-state index contributed by atoms with van der Waals surface area (Å²) in [4.78, 5) is 0.